The van der Waals surface area contributed by atoms with E-state index in [-0.39, 0.29) is 19.6 Å². The van der Waals surface area contributed by atoms with Crippen LogP contribution in [0.1, 0.15) is 11.3 Å². The fraction of sp³-hybridized carbons (Fsp3) is 0.500. The third-order valence-corrected chi connectivity index (χ3v) is 1.78. The second kappa shape index (κ2) is 4.73. The van der Waals surface area contributed by atoms with E-state index in [1.807, 2.05) is 0 Å². The van der Waals surface area contributed by atoms with Crippen molar-refractivity contribution in [1.29, 1.82) is 0 Å². The molecule has 1 heterocycles. The van der Waals surface area contributed by atoms with Crippen molar-refractivity contribution >= 4 is 0 Å². The van der Waals surface area contributed by atoms with Crippen LogP contribution in [0.15, 0.2) is 9.59 Å². The molecule has 0 amide bonds. The summed E-state index contributed by atoms with van der Waals surface area (Å²) < 4.78 is 4.82. The second-order valence-corrected chi connectivity index (χ2v) is 2.77. The van der Waals surface area contributed by atoms with Crippen LogP contribution >= 0.6 is 0 Å². The van der Waals surface area contributed by atoms with Gasteiger partial charge in [0.05, 0.1) is 12.3 Å². The number of aromatic amines is 2. The molecule has 0 aromatic carbocycles. The van der Waals surface area contributed by atoms with E-state index < -0.39 is 11.2 Å². The number of ether oxygens (including phenoxy) is 1. The Morgan fingerprint density at radius 3 is 2.64 bits per heavy atom. The average Bonchev–Trinajstić information content (AvgIpc) is 2.11. The predicted octanol–water partition coefficient (Wildman–Crippen LogP) is -1.26. The second-order valence-electron chi connectivity index (χ2n) is 2.77. The molecule has 78 valence electrons. The van der Waals surface area contributed by atoms with E-state index in [1.54, 1.807) is 0 Å². The molecule has 0 spiro atoms. The van der Waals surface area contributed by atoms with Gasteiger partial charge in [0.1, 0.15) is 0 Å². The summed E-state index contributed by atoms with van der Waals surface area (Å²) in [6, 6.07) is 0. The molecule has 0 aliphatic rings. The van der Waals surface area contributed by atoms with Gasteiger partial charge in [0.2, 0.25) is 0 Å². The number of hydrogen-bond acceptors (Lipinski definition) is 4. The first kappa shape index (κ1) is 10.7. The SMILES string of the molecule is COCc1[nH]c(=O)[nH]c(=O)c1CCO. The molecule has 0 bridgehead atoms. The Morgan fingerprint density at radius 1 is 1.36 bits per heavy atom. The third kappa shape index (κ3) is 2.30. The highest BCUT2D eigenvalue weighted by atomic mass is 16.5. The quantitative estimate of drug-likeness (QED) is 0.565. The molecular weight excluding hydrogens is 188 g/mol. The summed E-state index contributed by atoms with van der Waals surface area (Å²) in [4.78, 5) is 26.7. The zero-order chi connectivity index (χ0) is 10.6. The van der Waals surface area contributed by atoms with Crippen molar-refractivity contribution in [3.8, 4) is 0 Å². The first-order valence-corrected chi connectivity index (χ1v) is 4.13. The van der Waals surface area contributed by atoms with E-state index in [2.05, 4.69) is 9.97 Å². The summed E-state index contributed by atoms with van der Waals surface area (Å²) in [6.07, 6.45) is 0.199. The van der Waals surface area contributed by atoms with E-state index in [1.165, 1.54) is 7.11 Å². The van der Waals surface area contributed by atoms with Gasteiger partial charge in [-0.15, -0.1) is 0 Å². The Bertz CT molecular complexity index is 407. The number of hydrogen-bond donors (Lipinski definition) is 3. The lowest BCUT2D eigenvalue weighted by molar-refractivity contribution is 0.179. The molecule has 6 nitrogen and oxygen atoms in total. The first-order valence-electron chi connectivity index (χ1n) is 4.13. The van der Waals surface area contributed by atoms with E-state index in [0.29, 0.717) is 11.3 Å². The topological polar surface area (TPSA) is 95.2 Å². The molecule has 0 radical (unpaired) electrons. The molecule has 1 aromatic rings. The standard InChI is InChI=1S/C8H12N2O4/c1-14-4-6-5(2-3-11)7(12)10-8(13)9-6/h11H,2-4H2,1H3,(H2,9,10,12,13). The molecule has 14 heavy (non-hydrogen) atoms. The molecule has 0 saturated heterocycles. The van der Waals surface area contributed by atoms with Crippen LogP contribution in [0.25, 0.3) is 0 Å². The Morgan fingerprint density at radius 2 is 2.07 bits per heavy atom. The summed E-state index contributed by atoms with van der Waals surface area (Å²) in [7, 11) is 1.46. The minimum absolute atomic E-state index is 0.147. The maximum absolute atomic E-state index is 11.3. The maximum atomic E-state index is 11.3. The van der Waals surface area contributed by atoms with E-state index in [4.69, 9.17) is 9.84 Å². The number of aliphatic hydroxyl groups is 1. The third-order valence-electron chi connectivity index (χ3n) is 1.78. The van der Waals surface area contributed by atoms with Gasteiger partial charge in [0, 0.05) is 25.7 Å². The lowest BCUT2D eigenvalue weighted by Gasteiger charge is -2.04. The zero-order valence-corrected chi connectivity index (χ0v) is 7.79. The van der Waals surface area contributed by atoms with Crippen molar-refractivity contribution in [3.05, 3.63) is 32.1 Å². The van der Waals surface area contributed by atoms with Crippen molar-refractivity contribution in [2.75, 3.05) is 13.7 Å². The van der Waals surface area contributed by atoms with E-state index in [9.17, 15) is 9.59 Å². The molecule has 3 N–H and O–H groups in total. The molecule has 0 aliphatic heterocycles. The van der Waals surface area contributed by atoms with Crippen LogP contribution in [0.4, 0.5) is 0 Å². The summed E-state index contributed by atoms with van der Waals surface area (Å²) >= 11 is 0. The van der Waals surface area contributed by atoms with Gasteiger partial charge in [-0.25, -0.2) is 4.79 Å². The van der Waals surface area contributed by atoms with Crippen LogP contribution in [0.3, 0.4) is 0 Å². The fourth-order valence-corrected chi connectivity index (χ4v) is 1.20. The summed E-state index contributed by atoms with van der Waals surface area (Å²) in [5.74, 6) is 0. The minimum atomic E-state index is -0.566. The van der Waals surface area contributed by atoms with Gasteiger partial charge >= 0.3 is 5.69 Å². The van der Waals surface area contributed by atoms with E-state index in [0.717, 1.165) is 0 Å². The number of aromatic nitrogens is 2. The first-order chi connectivity index (χ1) is 6.69. The average molecular weight is 200 g/mol. The minimum Gasteiger partial charge on any atom is -0.396 e. The fourth-order valence-electron chi connectivity index (χ4n) is 1.20. The van der Waals surface area contributed by atoms with Crippen molar-refractivity contribution in [2.24, 2.45) is 0 Å². The number of aliphatic hydroxyl groups excluding tert-OH is 1. The molecular formula is C8H12N2O4. The van der Waals surface area contributed by atoms with Gasteiger partial charge in [-0.2, -0.15) is 0 Å². The van der Waals surface area contributed by atoms with Crippen LogP contribution in [-0.4, -0.2) is 28.8 Å². The lowest BCUT2D eigenvalue weighted by Crippen LogP contribution is -2.28. The smallest absolute Gasteiger partial charge is 0.325 e. The van der Waals surface area contributed by atoms with E-state index >= 15 is 0 Å². The van der Waals surface area contributed by atoms with Crippen LogP contribution in [-0.2, 0) is 17.8 Å². The van der Waals surface area contributed by atoms with Crippen molar-refractivity contribution in [2.45, 2.75) is 13.0 Å². The van der Waals surface area contributed by atoms with Gasteiger partial charge < -0.3 is 14.8 Å². The number of methoxy groups -OCH3 is 1. The number of nitrogens with one attached hydrogen (secondary N) is 2. The Kier molecular flexibility index (Phi) is 3.61. The van der Waals surface area contributed by atoms with Crippen LogP contribution in [0, 0.1) is 0 Å². The van der Waals surface area contributed by atoms with Gasteiger partial charge in [0.25, 0.3) is 5.56 Å². The zero-order valence-electron chi connectivity index (χ0n) is 7.79. The Balaban J connectivity index is 3.21. The van der Waals surface area contributed by atoms with Crippen LogP contribution in [0.2, 0.25) is 0 Å². The monoisotopic (exact) mass is 200 g/mol. The molecule has 1 rings (SSSR count). The van der Waals surface area contributed by atoms with Crippen molar-refractivity contribution < 1.29 is 9.84 Å². The Hall–Kier alpha value is -1.40. The summed E-state index contributed by atoms with van der Waals surface area (Å²) in [6.45, 7) is 0.000329. The molecule has 0 aliphatic carbocycles. The van der Waals surface area contributed by atoms with Crippen LogP contribution < -0.4 is 11.2 Å². The molecule has 1 aromatic heterocycles. The summed E-state index contributed by atoms with van der Waals surface area (Å²) in [5, 5.41) is 8.72. The largest absolute Gasteiger partial charge is 0.396 e. The molecule has 0 atom stereocenters. The van der Waals surface area contributed by atoms with Crippen molar-refractivity contribution in [1.82, 2.24) is 9.97 Å². The number of rotatable bonds is 4. The van der Waals surface area contributed by atoms with Gasteiger partial charge in [0.15, 0.2) is 0 Å². The maximum Gasteiger partial charge on any atom is 0.325 e. The molecule has 0 fully saturated rings. The lowest BCUT2D eigenvalue weighted by atomic mass is 10.2. The highest BCUT2D eigenvalue weighted by molar-refractivity contribution is 5.15. The molecule has 0 unspecified atom stereocenters. The van der Waals surface area contributed by atoms with Gasteiger partial charge in [-0.3, -0.25) is 9.78 Å². The summed E-state index contributed by atoms with van der Waals surface area (Å²) in [5.41, 5.74) is -0.275. The normalized spacial score (nSPS) is 10.4. The molecule has 0 saturated carbocycles. The highest BCUT2D eigenvalue weighted by Gasteiger charge is 2.07. The number of H-pyrrole nitrogens is 2. The van der Waals surface area contributed by atoms with Crippen LogP contribution in [0.5, 0.6) is 0 Å². The van der Waals surface area contributed by atoms with Crippen molar-refractivity contribution in [3.63, 3.8) is 0 Å². The molecule has 6 heteroatoms. The van der Waals surface area contributed by atoms with Gasteiger partial charge in [-0.1, -0.05) is 0 Å². The highest BCUT2D eigenvalue weighted by Crippen LogP contribution is 1.99. The Labute approximate surface area is 79.6 Å². The predicted molar refractivity (Wildman–Crippen MR) is 49.2 cm³/mol. The van der Waals surface area contributed by atoms with Gasteiger partial charge in [-0.05, 0) is 0 Å².